The van der Waals surface area contributed by atoms with E-state index in [4.69, 9.17) is 4.74 Å². The quantitative estimate of drug-likeness (QED) is 0.390. The van der Waals surface area contributed by atoms with Crippen LogP contribution in [0.25, 0.3) is 0 Å². The number of carboxylic acids is 1. The molecule has 182 valence electrons. The molecule has 0 fully saturated rings. The number of phenolic OH excluding ortho intramolecular Hbond substituents is 2. The summed E-state index contributed by atoms with van der Waals surface area (Å²) in [6.45, 7) is 7.86. The molecule has 0 aliphatic carbocycles. The first kappa shape index (κ1) is 24.3. The Kier molecular flexibility index (Phi) is 6.32. The Morgan fingerprint density at radius 1 is 0.771 bits per heavy atom. The molecule has 3 aromatic carbocycles. The molecule has 1 aliphatic heterocycles. The molecule has 0 radical (unpaired) electrons. The molecule has 0 saturated heterocycles. The number of phenols is 2. The van der Waals surface area contributed by atoms with Gasteiger partial charge < -0.3 is 20.1 Å². The van der Waals surface area contributed by atoms with Gasteiger partial charge in [-0.1, -0.05) is 52.0 Å². The predicted octanol–water partition coefficient (Wildman–Crippen LogP) is 5.51. The molecule has 1 heterocycles. The molecule has 0 amide bonds. The van der Waals surface area contributed by atoms with E-state index in [1.807, 2.05) is 39.8 Å². The fourth-order valence-corrected chi connectivity index (χ4v) is 5.21. The molecule has 0 atom stereocenters. The lowest BCUT2D eigenvalue weighted by molar-refractivity contribution is 0.0243. The summed E-state index contributed by atoms with van der Waals surface area (Å²) in [6, 6.07) is 11.7. The minimum absolute atomic E-state index is 0.0118. The summed E-state index contributed by atoms with van der Waals surface area (Å²) >= 11 is 0. The van der Waals surface area contributed by atoms with Gasteiger partial charge in [-0.05, 0) is 66.1 Å². The summed E-state index contributed by atoms with van der Waals surface area (Å²) in [7, 11) is 0. The molecule has 3 N–H and O–H groups in total. The maximum atomic E-state index is 13.4. The van der Waals surface area contributed by atoms with Gasteiger partial charge in [-0.25, -0.2) is 9.59 Å². The van der Waals surface area contributed by atoms with E-state index >= 15 is 0 Å². The highest BCUT2D eigenvalue weighted by Crippen LogP contribution is 2.52. The van der Waals surface area contributed by atoms with Crippen LogP contribution in [0.3, 0.4) is 0 Å². The average molecular weight is 475 g/mol. The number of hydrogen-bond donors (Lipinski definition) is 3. The Hall–Kier alpha value is -3.80. The second kappa shape index (κ2) is 9.10. The maximum absolute atomic E-state index is 13.4. The summed E-state index contributed by atoms with van der Waals surface area (Å²) in [5.41, 5.74) is 3.08. The number of carbonyl (C=O) groups is 2. The molecule has 0 aromatic heterocycles. The third kappa shape index (κ3) is 3.64. The highest BCUT2D eigenvalue weighted by molar-refractivity contribution is 6.06. The van der Waals surface area contributed by atoms with Gasteiger partial charge >= 0.3 is 11.9 Å². The summed E-state index contributed by atoms with van der Waals surface area (Å²) < 4.78 is 6.20. The number of benzene rings is 3. The first-order valence-electron chi connectivity index (χ1n) is 12.0. The van der Waals surface area contributed by atoms with Crippen molar-refractivity contribution in [3.05, 3.63) is 92.5 Å². The number of carboxylic acid groups (broad SMARTS) is 1. The fraction of sp³-hybridized carbons (Fsp3) is 0.310. The molecule has 0 saturated carbocycles. The average Bonchev–Trinajstić information content (AvgIpc) is 3.16. The maximum Gasteiger partial charge on any atom is 0.341 e. The second-order valence-corrected chi connectivity index (χ2v) is 8.79. The fourth-order valence-electron chi connectivity index (χ4n) is 5.21. The van der Waals surface area contributed by atoms with Crippen molar-refractivity contribution in [3.63, 3.8) is 0 Å². The van der Waals surface area contributed by atoms with Crippen molar-refractivity contribution in [1.29, 1.82) is 0 Å². The first-order valence-corrected chi connectivity index (χ1v) is 12.0. The van der Waals surface area contributed by atoms with Gasteiger partial charge in [0.15, 0.2) is 5.60 Å². The lowest BCUT2D eigenvalue weighted by Gasteiger charge is -2.34. The lowest BCUT2D eigenvalue weighted by atomic mass is 9.74. The molecule has 3 aromatic rings. The van der Waals surface area contributed by atoms with Crippen LogP contribution in [-0.2, 0) is 36.0 Å². The highest BCUT2D eigenvalue weighted by Gasteiger charge is 2.52. The minimum Gasteiger partial charge on any atom is -0.508 e. The lowest BCUT2D eigenvalue weighted by Crippen LogP contribution is -2.32. The Morgan fingerprint density at radius 3 is 1.69 bits per heavy atom. The zero-order valence-corrected chi connectivity index (χ0v) is 20.4. The Balaban J connectivity index is 2.20. The van der Waals surface area contributed by atoms with E-state index < -0.39 is 17.5 Å². The van der Waals surface area contributed by atoms with Crippen LogP contribution < -0.4 is 0 Å². The van der Waals surface area contributed by atoms with Gasteiger partial charge in [0.05, 0.1) is 11.1 Å². The summed E-state index contributed by atoms with van der Waals surface area (Å²) in [4.78, 5) is 25.4. The van der Waals surface area contributed by atoms with Crippen LogP contribution in [0.2, 0.25) is 0 Å². The van der Waals surface area contributed by atoms with E-state index in [1.165, 1.54) is 6.07 Å². The van der Waals surface area contributed by atoms with Gasteiger partial charge in [-0.2, -0.15) is 0 Å². The van der Waals surface area contributed by atoms with Gasteiger partial charge in [-0.3, -0.25) is 0 Å². The third-order valence-electron chi connectivity index (χ3n) is 7.02. The largest absolute Gasteiger partial charge is 0.508 e. The van der Waals surface area contributed by atoms with Crippen LogP contribution in [0, 0.1) is 0 Å². The molecule has 0 spiro atoms. The second-order valence-electron chi connectivity index (χ2n) is 8.79. The van der Waals surface area contributed by atoms with E-state index in [0.29, 0.717) is 42.4 Å². The van der Waals surface area contributed by atoms with Crippen LogP contribution >= 0.6 is 0 Å². The molecule has 0 bridgehead atoms. The molecule has 6 heteroatoms. The molecule has 4 rings (SSSR count). The van der Waals surface area contributed by atoms with Crippen molar-refractivity contribution < 1.29 is 29.6 Å². The zero-order chi connectivity index (χ0) is 25.5. The molecule has 6 nitrogen and oxygen atoms in total. The summed E-state index contributed by atoms with van der Waals surface area (Å²) in [6.07, 6.45) is 2.43. The number of fused-ring (bicyclic) bond motifs is 1. The van der Waals surface area contributed by atoms with Gasteiger partial charge in [0.2, 0.25) is 0 Å². The van der Waals surface area contributed by atoms with Crippen molar-refractivity contribution in [2.24, 2.45) is 0 Å². The predicted molar refractivity (Wildman–Crippen MR) is 132 cm³/mol. The van der Waals surface area contributed by atoms with Gasteiger partial charge in [-0.15, -0.1) is 0 Å². The molecule has 0 unspecified atom stereocenters. The third-order valence-corrected chi connectivity index (χ3v) is 7.02. The van der Waals surface area contributed by atoms with E-state index in [0.717, 1.165) is 22.3 Å². The van der Waals surface area contributed by atoms with Gasteiger partial charge in [0, 0.05) is 16.7 Å². The number of aromatic hydroxyl groups is 2. The normalized spacial score (nSPS) is 14.0. The van der Waals surface area contributed by atoms with E-state index in [9.17, 15) is 24.9 Å². The number of hydrogen-bond acceptors (Lipinski definition) is 5. The first-order chi connectivity index (χ1) is 16.7. The molecular weight excluding hydrogens is 444 g/mol. The number of ether oxygens (including phenoxy) is 1. The van der Waals surface area contributed by atoms with Crippen molar-refractivity contribution in [3.8, 4) is 11.5 Å². The van der Waals surface area contributed by atoms with Crippen LogP contribution in [-0.4, -0.2) is 27.3 Å². The SMILES string of the molecule is CCc1cc(CC)c(C2(c3cc(O)c(CC)cc3CC)OC(=O)c3c(C(=O)O)cccc32)cc1O. The summed E-state index contributed by atoms with van der Waals surface area (Å²) in [5.74, 6) is -1.83. The number of aryl methyl sites for hydroxylation is 4. The monoisotopic (exact) mass is 474 g/mol. The van der Waals surface area contributed by atoms with Crippen LogP contribution in [0.15, 0.2) is 42.5 Å². The number of carbonyl (C=O) groups excluding carboxylic acids is 1. The van der Waals surface area contributed by atoms with Gasteiger partial charge in [0.1, 0.15) is 11.5 Å². The van der Waals surface area contributed by atoms with E-state index in [1.54, 1.807) is 24.3 Å². The number of esters is 1. The molecule has 1 aliphatic rings. The van der Waals surface area contributed by atoms with E-state index in [2.05, 4.69) is 0 Å². The van der Waals surface area contributed by atoms with Crippen LogP contribution in [0.4, 0.5) is 0 Å². The molecule has 35 heavy (non-hydrogen) atoms. The van der Waals surface area contributed by atoms with Crippen molar-refractivity contribution in [2.75, 3.05) is 0 Å². The Bertz CT molecular complexity index is 1280. The topological polar surface area (TPSA) is 104 Å². The van der Waals surface area contributed by atoms with E-state index in [-0.39, 0.29) is 22.6 Å². The summed E-state index contributed by atoms with van der Waals surface area (Å²) in [5, 5.41) is 31.6. The number of aromatic carboxylic acids is 1. The Labute approximate surface area is 204 Å². The molecular formula is C29H30O6. The van der Waals surface area contributed by atoms with Crippen molar-refractivity contribution in [2.45, 2.75) is 59.0 Å². The van der Waals surface area contributed by atoms with Crippen LogP contribution in [0.1, 0.15) is 87.4 Å². The smallest absolute Gasteiger partial charge is 0.341 e. The highest BCUT2D eigenvalue weighted by atomic mass is 16.6. The zero-order valence-electron chi connectivity index (χ0n) is 20.4. The van der Waals surface area contributed by atoms with Crippen LogP contribution in [0.5, 0.6) is 11.5 Å². The minimum atomic E-state index is -1.53. The van der Waals surface area contributed by atoms with Crippen molar-refractivity contribution >= 4 is 11.9 Å². The van der Waals surface area contributed by atoms with Crippen molar-refractivity contribution in [1.82, 2.24) is 0 Å². The number of rotatable bonds is 7. The van der Waals surface area contributed by atoms with Gasteiger partial charge in [0.25, 0.3) is 0 Å². The Morgan fingerprint density at radius 2 is 1.26 bits per heavy atom. The standard InChI is InChI=1S/C29H30O6/c1-5-16-12-18(7-3)24(30)14-22(16)29(23-15-25(31)19(8-4)13-17(23)6-2)21-11-9-10-20(27(32)33)26(21)28(34)35-29/h9-15,30-31H,5-8H2,1-4H3,(H,32,33). The number of cyclic esters (lactones) is 1.